The Morgan fingerprint density at radius 3 is 0.792 bits per heavy atom. The minimum Gasteiger partial charge on any atom is -0.462 e. The molecule has 0 amide bonds. The van der Waals surface area contributed by atoms with Crippen LogP contribution in [-0.4, -0.2) is 37.2 Å². The van der Waals surface area contributed by atoms with E-state index in [1.54, 1.807) is 0 Å². The van der Waals surface area contributed by atoms with Gasteiger partial charge in [-0.3, -0.25) is 14.4 Å². The quantitative estimate of drug-likeness (QED) is 0.0261. The average molecular weight is 1070 g/mol. The molecule has 6 heteroatoms. The first-order valence-electron chi connectivity index (χ1n) is 31.7. The number of rotatable bonds is 56. The van der Waals surface area contributed by atoms with E-state index < -0.39 is 6.10 Å². The highest BCUT2D eigenvalue weighted by atomic mass is 16.6. The summed E-state index contributed by atoms with van der Waals surface area (Å²) in [5.74, 6) is -0.925. The summed E-state index contributed by atoms with van der Waals surface area (Å²) in [5, 5.41) is 0. The van der Waals surface area contributed by atoms with Crippen molar-refractivity contribution in [1.29, 1.82) is 0 Å². The molecule has 0 fully saturated rings. The van der Waals surface area contributed by atoms with E-state index in [4.69, 9.17) is 14.2 Å². The Hall–Kier alpha value is -4.45. The molecule has 0 aliphatic rings. The smallest absolute Gasteiger partial charge is 0.306 e. The molecule has 0 heterocycles. The molecule has 1 atom stereocenters. The molecule has 0 aliphatic heterocycles. The molecule has 436 valence electrons. The number of carbonyl (C=O) groups is 3. The van der Waals surface area contributed by atoms with Gasteiger partial charge >= 0.3 is 17.9 Å². The number of allylic oxidation sites excluding steroid dienone is 22. The van der Waals surface area contributed by atoms with Gasteiger partial charge in [-0.25, -0.2) is 0 Å². The normalized spacial score (nSPS) is 13.0. The van der Waals surface area contributed by atoms with Crippen LogP contribution in [0.3, 0.4) is 0 Å². The van der Waals surface area contributed by atoms with Crippen LogP contribution in [0, 0.1) is 0 Å². The summed E-state index contributed by atoms with van der Waals surface area (Å²) in [4.78, 5) is 38.3. The van der Waals surface area contributed by atoms with Crippen molar-refractivity contribution < 1.29 is 28.6 Å². The van der Waals surface area contributed by atoms with Crippen molar-refractivity contribution >= 4 is 17.9 Å². The fourth-order valence-corrected chi connectivity index (χ4v) is 8.47. The minimum absolute atomic E-state index is 0.0917. The topological polar surface area (TPSA) is 78.9 Å². The maximum atomic E-state index is 12.9. The van der Waals surface area contributed by atoms with Crippen LogP contribution in [-0.2, 0) is 28.6 Å². The molecule has 0 aliphatic carbocycles. The van der Waals surface area contributed by atoms with Gasteiger partial charge < -0.3 is 14.2 Å². The Labute approximate surface area is 475 Å². The largest absolute Gasteiger partial charge is 0.462 e. The van der Waals surface area contributed by atoms with Gasteiger partial charge in [0.25, 0.3) is 0 Å². The predicted octanol–water partition coefficient (Wildman–Crippen LogP) is 21.8. The summed E-state index contributed by atoms with van der Waals surface area (Å²) in [6.45, 7) is 6.39. The zero-order valence-corrected chi connectivity index (χ0v) is 49.9. The molecule has 0 spiro atoms. The zero-order valence-electron chi connectivity index (χ0n) is 49.9. The monoisotopic (exact) mass is 1060 g/mol. The van der Waals surface area contributed by atoms with Crippen molar-refractivity contribution in [3.63, 3.8) is 0 Å². The summed E-state index contributed by atoms with van der Waals surface area (Å²) in [5.41, 5.74) is 0. The number of hydrogen-bond donors (Lipinski definition) is 0. The molecular formula is C71H116O6. The van der Waals surface area contributed by atoms with Crippen molar-refractivity contribution in [3.8, 4) is 0 Å². The van der Waals surface area contributed by atoms with E-state index in [9.17, 15) is 14.4 Å². The van der Waals surface area contributed by atoms with Crippen LogP contribution < -0.4 is 0 Å². The Balaban J connectivity index is 4.39. The summed E-state index contributed by atoms with van der Waals surface area (Å²) < 4.78 is 16.9. The Morgan fingerprint density at radius 1 is 0.273 bits per heavy atom. The molecule has 0 aromatic rings. The van der Waals surface area contributed by atoms with E-state index in [2.05, 4.69) is 154 Å². The van der Waals surface area contributed by atoms with Crippen molar-refractivity contribution in [3.05, 3.63) is 134 Å². The van der Waals surface area contributed by atoms with Crippen molar-refractivity contribution in [2.75, 3.05) is 13.2 Å². The molecular weight excluding hydrogens is 949 g/mol. The zero-order chi connectivity index (χ0) is 55.7. The average Bonchev–Trinajstić information content (AvgIpc) is 3.43. The van der Waals surface area contributed by atoms with Crippen LogP contribution >= 0.6 is 0 Å². The summed E-state index contributed by atoms with van der Waals surface area (Å²) in [6.07, 6.45) is 90.2. The van der Waals surface area contributed by atoms with Crippen LogP contribution in [0.1, 0.15) is 278 Å². The first-order chi connectivity index (χ1) is 38.0. The molecule has 0 bridgehead atoms. The van der Waals surface area contributed by atoms with E-state index in [0.717, 1.165) is 148 Å². The van der Waals surface area contributed by atoms with Gasteiger partial charge in [-0.1, -0.05) is 276 Å². The van der Waals surface area contributed by atoms with Gasteiger partial charge in [0, 0.05) is 19.3 Å². The van der Waals surface area contributed by atoms with E-state index >= 15 is 0 Å². The third kappa shape index (κ3) is 62.3. The highest BCUT2D eigenvalue weighted by Gasteiger charge is 2.19. The predicted molar refractivity (Wildman–Crippen MR) is 334 cm³/mol. The lowest BCUT2D eigenvalue weighted by atomic mass is 10.0. The van der Waals surface area contributed by atoms with E-state index in [1.165, 1.54) is 89.9 Å². The summed E-state index contributed by atoms with van der Waals surface area (Å²) >= 11 is 0. The molecule has 0 saturated carbocycles. The summed E-state index contributed by atoms with van der Waals surface area (Å²) in [7, 11) is 0. The maximum absolute atomic E-state index is 12.9. The van der Waals surface area contributed by atoms with Crippen molar-refractivity contribution in [1.82, 2.24) is 0 Å². The van der Waals surface area contributed by atoms with Gasteiger partial charge in [-0.2, -0.15) is 0 Å². The molecule has 1 unspecified atom stereocenters. The van der Waals surface area contributed by atoms with Crippen LogP contribution in [0.4, 0.5) is 0 Å². The second-order valence-corrected chi connectivity index (χ2v) is 20.6. The second-order valence-electron chi connectivity index (χ2n) is 20.6. The highest BCUT2D eigenvalue weighted by Crippen LogP contribution is 2.15. The molecule has 0 saturated heterocycles. The van der Waals surface area contributed by atoms with Gasteiger partial charge in [-0.15, -0.1) is 0 Å². The van der Waals surface area contributed by atoms with Crippen molar-refractivity contribution in [2.24, 2.45) is 0 Å². The SMILES string of the molecule is CC/C=C\C/C=C\C/C=C\C/C=C\C/C=C\C/C=C\C/C=C\C/C=C\CCCCCCC(=O)OCC(COC(=O)CCCCCCCCCCCCCCC)OC(=O)CCCCCCCCC/C=C\C/C=C\C/C=C\CC. The van der Waals surface area contributed by atoms with E-state index in [0.29, 0.717) is 19.3 Å². The number of carbonyl (C=O) groups excluding carboxylic acids is 3. The van der Waals surface area contributed by atoms with E-state index in [1.807, 2.05) is 0 Å². The lowest BCUT2D eigenvalue weighted by Crippen LogP contribution is -2.30. The van der Waals surface area contributed by atoms with Crippen molar-refractivity contribution in [2.45, 2.75) is 284 Å². The Bertz CT molecular complexity index is 1650. The van der Waals surface area contributed by atoms with Crippen LogP contribution in [0.25, 0.3) is 0 Å². The highest BCUT2D eigenvalue weighted by molar-refractivity contribution is 5.71. The number of unbranched alkanes of at least 4 members (excludes halogenated alkanes) is 23. The van der Waals surface area contributed by atoms with Crippen LogP contribution in [0.5, 0.6) is 0 Å². The molecule has 6 nitrogen and oxygen atoms in total. The van der Waals surface area contributed by atoms with Gasteiger partial charge in [0.1, 0.15) is 13.2 Å². The fourth-order valence-electron chi connectivity index (χ4n) is 8.47. The third-order valence-electron chi connectivity index (χ3n) is 13.2. The first kappa shape index (κ1) is 72.5. The van der Waals surface area contributed by atoms with E-state index in [-0.39, 0.29) is 31.1 Å². The molecule has 0 aromatic carbocycles. The summed E-state index contributed by atoms with van der Waals surface area (Å²) in [6, 6.07) is 0. The Morgan fingerprint density at radius 2 is 0.506 bits per heavy atom. The fraction of sp³-hybridized carbons (Fsp3) is 0.648. The van der Waals surface area contributed by atoms with Gasteiger partial charge in [-0.05, 0) is 116 Å². The number of ether oxygens (including phenoxy) is 3. The molecule has 77 heavy (non-hydrogen) atoms. The molecule has 0 radical (unpaired) electrons. The Kier molecular flexibility index (Phi) is 60.4. The lowest BCUT2D eigenvalue weighted by molar-refractivity contribution is -0.167. The second kappa shape index (κ2) is 64.1. The molecule has 0 rings (SSSR count). The first-order valence-corrected chi connectivity index (χ1v) is 31.7. The van der Waals surface area contributed by atoms with Gasteiger partial charge in [0.2, 0.25) is 0 Å². The van der Waals surface area contributed by atoms with Gasteiger partial charge in [0.15, 0.2) is 6.10 Å². The lowest BCUT2D eigenvalue weighted by Gasteiger charge is -2.18. The maximum Gasteiger partial charge on any atom is 0.306 e. The molecule has 0 aromatic heterocycles. The standard InChI is InChI=1S/C71H116O6/c1-4-7-10-13-16-19-22-25-27-29-30-31-32-33-34-35-36-37-38-39-40-42-43-46-49-52-55-58-61-64-70(73)76-67-68(66-75-69(72)63-60-57-54-51-48-45-24-21-18-15-12-9-6-3)77-71(74)65-62-59-56-53-50-47-44-41-28-26-23-20-17-14-11-8-5-2/h7-8,10-11,16-17,19-20,25-28,30-31,33-34,36-37,39-40,43,46,68H,4-6,9,12-15,18,21-24,29,32,35,38,41-42,44-45,47-67H2,1-3H3/b10-7-,11-8-,19-16-,20-17-,27-25-,28-26-,31-30-,34-33-,37-36-,40-39-,46-43-. The van der Waals surface area contributed by atoms with Gasteiger partial charge in [0.05, 0.1) is 0 Å². The van der Waals surface area contributed by atoms with Crippen LogP contribution in [0.15, 0.2) is 134 Å². The van der Waals surface area contributed by atoms with Crippen LogP contribution in [0.2, 0.25) is 0 Å². The molecule has 0 N–H and O–H groups in total. The third-order valence-corrected chi connectivity index (χ3v) is 13.2. The minimum atomic E-state index is -0.798. The number of esters is 3. The number of hydrogen-bond acceptors (Lipinski definition) is 6.